The van der Waals surface area contributed by atoms with Crippen LogP contribution in [0.15, 0.2) is 24.4 Å². The molecule has 23 heavy (non-hydrogen) atoms. The lowest BCUT2D eigenvalue weighted by Gasteiger charge is -2.19. The predicted octanol–water partition coefficient (Wildman–Crippen LogP) is 2.05. The van der Waals surface area contributed by atoms with Crippen molar-refractivity contribution in [2.45, 2.75) is 39.8 Å². The maximum atomic E-state index is 12.1. The minimum absolute atomic E-state index is 0.0285. The summed E-state index contributed by atoms with van der Waals surface area (Å²) < 4.78 is 6.55. The third-order valence-electron chi connectivity index (χ3n) is 3.85. The normalized spacial score (nSPS) is 12.4. The van der Waals surface area contributed by atoms with Crippen molar-refractivity contribution in [3.8, 4) is 0 Å². The highest BCUT2D eigenvalue weighted by molar-refractivity contribution is 5.85. The molecule has 1 atom stereocenters. The van der Waals surface area contributed by atoms with E-state index in [0.29, 0.717) is 6.54 Å². The monoisotopic (exact) mass is 317 g/mol. The van der Waals surface area contributed by atoms with Crippen LogP contribution < -0.4 is 5.32 Å². The highest BCUT2D eigenvalue weighted by Gasteiger charge is 2.24. The Kier molecular flexibility index (Phi) is 5.36. The lowest BCUT2D eigenvalue weighted by atomic mass is 10.0. The van der Waals surface area contributed by atoms with Gasteiger partial charge in [0.05, 0.1) is 25.4 Å². The van der Waals surface area contributed by atoms with Crippen molar-refractivity contribution in [1.82, 2.24) is 15.1 Å². The van der Waals surface area contributed by atoms with Gasteiger partial charge in [-0.3, -0.25) is 9.48 Å². The molecule has 124 valence electrons. The van der Waals surface area contributed by atoms with E-state index in [9.17, 15) is 9.59 Å². The highest BCUT2D eigenvalue weighted by Crippen LogP contribution is 2.17. The number of carbonyl (C=O) groups is 2. The molecule has 0 saturated heterocycles. The van der Waals surface area contributed by atoms with Gasteiger partial charge in [-0.1, -0.05) is 32.0 Å². The molecule has 2 rings (SSSR count). The van der Waals surface area contributed by atoms with Gasteiger partial charge in [-0.05, 0) is 18.4 Å². The molecule has 6 nitrogen and oxygen atoms in total. The Morgan fingerprint density at radius 2 is 2.09 bits per heavy atom. The summed E-state index contributed by atoms with van der Waals surface area (Å²) in [6, 6.07) is 5.38. The smallest absolute Gasteiger partial charge is 0.328 e. The zero-order chi connectivity index (χ0) is 17.0. The fourth-order valence-electron chi connectivity index (χ4n) is 2.58. The number of rotatable bonds is 6. The standard InChI is InChI=1S/C17H23N3O3/c1-11(2)15(17(22)23-4)19-14(21)8-9-20-16-12(3)6-5-7-13(16)10-18-20/h5-7,10-11,15H,8-9H2,1-4H3,(H,19,21). The molecule has 1 heterocycles. The maximum Gasteiger partial charge on any atom is 0.328 e. The van der Waals surface area contributed by atoms with Gasteiger partial charge in [0.15, 0.2) is 0 Å². The maximum absolute atomic E-state index is 12.1. The van der Waals surface area contributed by atoms with Crippen molar-refractivity contribution in [2.24, 2.45) is 5.92 Å². The minimum atomic E-state index is -0.622. The number of amides is 1. The van der Waals surface area contributed by atoms with Gasteiger partial charge in [0.1, 0.15) is 6.04 Å². The van der Waals surface area contributed by atoms with Crippen LogP contribution in [0.1, 0.15) is 25.8 Å². The van der Waals surface area contributed by atoms with Crippen LogP contribution in [0, 0.1) is 12.8 Å². The van der Waals surface area contributed by atoms with Crippen molar-refractivity contribution in [2.75, 3.05) is 7.11 Å². The van der Waals surface area contributed by atoms with Crippen LogP contribution in [0.2, 0.25) is 0 Å². The quantitative estimate of drug-likeness (QED) is 0.828. The van der Waals surface area contributed by atoms with Crippen LogP contribution >= 0.6 is 0 Å². The molecule has 1 N–H and O–H groups in total. The SMILES string of the molecule is COC(=O)C(NC(=O)CCn1ncc2cccc(C)c21)C(C)C. The summed E-state index contributed by atoms with van der Waals surface area (Å²) in [6.45, 7) is 6.22. The number of para-hydroxylation sites is 1. The largest absolute Gasteiger partial charge is 0.467 e. The Morgan fingerprint density at radius 1 is 1.35 bits per heavy atom. The van der Waals surface area contributed by atoms with E-state index in [1.807, 2.05) is 43.7 Å². The van der Waals surface area contributed by atoms with E-state index >= 15 is 0 Å². The Labute approximate surface area is 135 Å². The molecule has 1 amide bonds. The fourth-order valence-corrected chi connectivity index (χ4v) is 2.58. The molecule has 0 aliphatic heterocycles. The molecule has 1 aromatic heterocycles. The van der Waals surface area contributed by atoms with Gasteiger partial charge < -0.3 is 10.1 Å². The number of benzene rings is 1. The van der Waals surface area contributed by atoms with Crippen LogP contribution in [0.25, 0.3) is 10.9 Å². The number of nitrogens with one attached hydrogen (secondary N) is 1. The highest BCUT2D eigenvalue weighted by atomic mass is 16.5. The van der Waals surface area contributed by atoms with Crippen molar-refractivity contribution in [3.63, 3.8) is 0 Å². The number of aromatic nitrogens is 2. The van der Waals surface area contributed by atoms with Crippen molar-refractivity contribution >= 4 is 22.8 Å². The van der Waals surface area contributed by atoms with E-state index in [1.165, 1.54) is 7.11 Å². The summed E-state index contributed by atoms with van der Waals surface area (Å²) in [7, 11) is 1.32. The number of ether oxygens (including phenoxy) is 1. The number of carbonyl (C=O) groups excluding carboxylic acids is 2. The molecule has 0 aliphatic rings. The van der Waals surface area contributed by atoms with Gasteiger partial charge in [0.25, 0.3) is 0 Å². The molecule has 1 unspecified atom stereocenters. The van der Waals surface area contributed by atoms with Crippen LogP contribution in [0.4, 0.5) is 0 Å². The number of hydrogen-bond acceptors (Lipinski definition) is 4. The Hall–Kier alpha value is -2.37. The van der Waals surface area contributed by atoms with E-state index < -0.39 is 12.0 Å². The van der Waals surface area contributed by atoms with Crippen molar-refractivity contribution in [1.29, 1.82) is 0 Å². The van der Waals surface area contributed by atoms with E-state index in [2.05, 4.69) is 10.4 Å². The zero-order valence-electron chi connectivity index (χ0n) is 14.0. The summed E-state index contributed by atoms with van der Waals surface area (Å²) in [5.41, 5.74) is 2.16. The molecule has 1 aromatic carbocycles. The van der Waals surface area contributed by atoms with Gasteiger partial charge in [-0.2, -0.15) is 5.10 Å². The van der Waals surface area contributed by atoms with Gasteiger partial charge in [0, 0.05) is 11.8 Å². The molecule has 2 aromatic rings. The summed E-state index contributed by atoms with van der Waals surface area (Å²) in [6.07, 6.45) is 2.05. The number of hydrogen-bond donors (Lipinski definition) is 1. The second-order valence-electron chi connectivity index (χ2n) is 5.94. The van der Waals surface area contributed by atoms with Crippen LogP contribution in [-0.2, 0) is 20.9 Å². The number of nitrogens with zero attached hydrogens (tertiary/aromatic N) is 2. The molecule has 0 spiro atoms. The minimum Gasteiger partial charge on any atom is -0.467 e. The van der Waals surface area contributed by atoms with Crippen LogP contribution in [0.3, 0.4) is 0 Å². The molecular weight excluding hydrogens is 294 g/mol. The van der Waals surface area contributed by atoms with E-state index in [-0.39, 0.29) is 18.2 Å². The van der Waals surface area contributed by atoms with Gasteiger partial charge >= 0.3 is 5.97 Å². The first-order valence-electron chi connectivity index (χ1n) is 7.72. The molecule has 0 bridgehead atoms. The van der Waals surface area contributed by atoms with Crippen LogP contribution in [0.5, 0.6) is 0 Å². The van der Waals surface area contributed by atoms with Gasteiger partial charge in [-0.15, -0.1) is 0 Å². The Balaban J connectivity index is 2.02. The second-order valence-corrected chi connectivity index (χ2v) is 5.94. The van der Waals surface area contributed by atoms with E-state index in [1.54, 1.807) is 6.20 Å². The lowest BCUT2D eigenvalue weighted by Crippen LogP contribution is -2.45. The predicted molar refractivity (Wildman–Crippen MR) is 87.9 cm³/mol. The lowest BCUT2D eigenvalue weighted by molar-refractivity contribution is -0.146. The molecule has 6 heteroatoms. The molecule has 0 radical (unpaired) electrons. The van der Waals surface area contributed by atoms with Crippen LogP contribution in [-0.4, -0.2) is 34.8 Å². The second kappa shape index (κ2) is 7.26. The summed E-state index contributed by atoms with van der Waals surface area (Å²) in [4.78, 5) is 23.8. The summed E-state index contributed by atoms with van der Waals surface area (Å²) in [5.74, 6) is -0.640. The number of esters is 1. The summed E-state index contributed by atoms with van der Waals surface area (Å²) >= 11 is 0. The third kappa shape index (κ3) is 3.88. The molecule has 0 aliphatic carbocycles. The fraction of sp³-hybridized carbons (Fsp3) is 0.471. The molecular formula is C17H23N3O3. The Bertz CT molecular complexity index is 706. The first-order valence-corrected chi connectivity index (χ1v) is 7.72. The van der Waals surface area contributed by atoms with E-state index in [0.717, 1.165) is 16.5 Å². The summed E-state index contributed by atoms with van der Waals surface area (Å²) in [5, 5.41) is 8.13. The number of methoxy groups -OCH3 is 1. The average Bonchev–Trinajstić information content (AvgIpc) is 2.94. The van der Waals surface area contributed by atoms with Gasteiger partial charge in [-0.25, -0.2) is 4.79 Å². The van der Waals surface area contributed by atoms with Crippen molar-refractivity contribution < 1.29 is 14.3 Å². The Morgan fingerprint density at radius 3 is 2.74 bits per heavy atom. The molecule has 0 saturated carbocycles. The average molecular weight is 317 g/mol. The number of aryl methyl sites for hydroxylation is 2. The first kappa shape index (κ1) is 17.0. The molecule has 0 fully saturated rings. The first-order chi connectivity index (χ1) is 10.9. The zero-order valence-corrected chi connectivity index (χ0v) is 14.0. The van der Waals surface area contributed by atoms with Crippen molar-refractivity contribution in [3.05, 3.63) is 30.0 Å². The van der Waals surface area contributed by atoms with E-state index in [4.69, 9.17) is 4.74 Å². The topological polar surface area (TPSA) is 73.2 Å². The van der Waals surface area contributed by atoms with Gasteiger partial charge in [0.2, 0.25) is 5.91 Å². The third-order valence-corrected chi connectivity index (χ3v) is 3.85. The number of fused-ring (bicyclic) bond motifs is 1.